The van der Waals surface area contributed by atoms with Crippen LogP contribution in [0, 0.1) is 0 Å². The van der Waals surface area contributed by atoms with Gasteiger partial charge in [-0.3, -0.25) is 4.79 Å². The van der Waals surface area contributed by atoms with Gasteiger partial charge in [-0.15, -0.1) is 0 Å². The highest BCUT2D eigenvalue weighted by Crippen LogP contribution is 2.48. The molecule has 2 aromatic rings. The zero-order chi connectivity index (χ0) is 22.6. The molecule has 32 heavy (non-hydrogen) atoms. The molecule has 0 radical (unpaired) electrons. The minimum atomic E-state index is -1.40. The highest BCUT2D eigenvalue weighted by molar-refractivity contribution is 8.02. The van der Waals surface area contributed by atoms with E-state index in [1.807, 2.05) is 48.5 Å². The van der Waals surface area contributed by atoms with Crippen LogP contribution in [0.15, 0.2) is 53.4 Å². The molecule has 4 rings (SSSR count). The van der Waals surface area contributed by atoms with Crippen LogP contribution < -0.4 is 9.64 Å². The van der Waals surface area contributed by atoms with Crippen LogP contribution in [0.4, 0.5) is 5.69 Å². The van der Waals surface area contributed by atoms with E-state index in [2.05, 4.69) is 4.90 Å². The topological polar surface area (TPSA) is 59.1 Å². The number of hydrogen-bond acceptors (Lipinski definition) is 6. The number of carbonyl (C=O) groups excluding carboxylic acids is 2. The Morgan fingerprint density at radius 3 is 2.47 bits per heavy atom. The van der Waals surface area contributed by atoms with Crippen molar-refractivity contribution >= 4 is 29.3 Å². The highest BCUT2D eigenvalue weighted by Gasteiger charge is 2.54. The number of thioether (sulfide) groups is 1. The van der Waals surface area contributed by atoms with Crippen molar-refractivity contribution in [3.8, 4) is 5.75 Å². The summed E-state index contributed by atoms with van der Waals surface area (Å²) in [5, 5.41) is 0. The summed E-state index contributed by atoms with van der Waals surface area (Å²) in [6.07, 6.45) is 3.85. The van der Waals surface area contributed by atoms with Gasteiger partial charge < -0.3 is 19.3 Å². The van der Waals surface area contributed by atoms with Crippen LogP contribution in [-0.2, 0) is 20.7 Å². The molecule has 0 N–H and O–H groups in total. The van der Waals surface area contributed by atoms with Crippen molar-refractivity contribution in [3.05, 3.63) is 54.1 Å². The standard InChI is InChI=1S/C25H30N2O4S/c1-30-21-12-6-4-10-19(21)18-25(24(29)31-2)23(28)27(17-16-26-14-8-3-9-15-26)20-11-5-7-13-22(20)32-25/h4-7,10-13H,3,8-9,14-18H2,1-2H3. The molecule has 1 amide bonds. The molecule has 0 aliphatic carbocycles. The number of esters is 1. The van der Waals surface area contributed by atoms with Crippen molar-refractivity contribution in [2.75, 3.05) is 45.3 Å². The third-order valence-electron chi connectivity index (χ3n) is 6.27. The Hall–Kier alpha value is -2.51. The van der Waals surface area contributed by atoms with Gasteiger partial charge in [0.2, 0.25) is 4.75 Å². The average Bonchev–Trinajstić information content (AvgIpc) is 2.84. The van der Waals surface area contributed by atoms with E-state index >= 15 is 0 Å². The lowest BCUT2D eigenvalue weighted by Crippen LogP contribution is -2.57. The van der Waals surface area contributed by atoms with Crippen molar-refractivity contribution in [2.24, 2.45) is 0 Å². The molecule has 2 aliphatic rings. The van der Waals surface area contributed by atoms with E-state index in [4.69, 9.17) is 9.47 Å². The minimum absolute atomic E-state index is 0.196. The maximum absolute atomic E-state index is 14.0. The molecule has 2 aliphatic heterocycles. The van der Waals surface area contributed by atoms with Gasteiger partial charge in [0.05, 0.1) is 19.9 Å². The number of carbonyl (C=O) groups is 2. The maximum atomic E-state index is 14.0. The number of amides is 1. The fraction of sp³-hybridized carbons (Fsp3) is 0.440. The monoisotopic (exact) mass is 454 g/mol. The van der Waals surface area contributed by atoms with Gasteiger partial charge in [-0.05, 0) is 49.7 Å². The van der Waals surface area contributed by atoms with Crippen molar-refractivity contribution in [2.45, 2.75) is 35.3 Å². The summed E-state index contributed by atoms with van der Waals surface area (Å²) in [5.41, 5.74) is 1.66. The Kier molecular flexibility index (Phi) is 7.06. The third kappa shape index (κ3) is 4.36. The Bertz CT molecular complexity index is 976. The molecular formula is C25H30N2O4S. The number of rotatable bonds is 7. The molecular weight excluding hydrogens is 424 g/mol. The smallest absolute Gasteiger partial charge is 0.332 e. The number of fused-ring (bicyclic) bond motifs is 1. The minimum Gasteiger partial charge on any atom is -0.496 e. The Labute approximate surface area is 193 Å². The fourth-order valence-corrected chi connectivity index (χ4v) is 5.96. The van der Waals surface area contributed by atoms with Crippen LogP contribution in [0.2, 0.25) is 0 Å². The number of para-hydroxylation sites is 2. The summed E-state index contributed by atoms with van der Waals surface area (Å²) in [4.78, 5) is 32.4. The van der Waals surface area contributed by atoms with E-state index in [0.29, 0.717) is 12.3 Å². The molecule has 1 saturated heterocycles. The van der Waals surface area contributed by atoms with Crippen molar-refractivity contribution in [1.29, 1.82) is 0 Å². The molecule has 1 fully saturated rings. The van der Waals surface area contributed by atoms with Crippen LogP contribution in [0.1, 0.15) is 24.8 Å². The predicted octanol–water partition coefficient (Wildman–Crippen LogP) is 3.77. The van der Waals surface area contributed by atoms with Crippen LogP contribution >= 0.6 is 11.8 Å². The number of likely N-dealkylation sites (tertiary alicyclic amines) is 1. The number of piperidine rings is 1. The lowest BCUT2D eigenvalue weighted by atomic mass is 9.95. The molecule has 2 heterocycles. The molecule has 1 atom stereocenters. The zero-order valence-corrected chi connectivity index (χ0v) is 19.5. The van der Waals surface area contributed by atoms with Gasteiger partial charge in [0, 0.05) is 24.4 Å². The van der Waals surface area contributed by atoms with Gasteiger partial charge in [-0.25, -0.2) is 4.79 Å². The lowest BCUT2D eigenvalue weighted by Gasteiger charge is -2.41. The van der Waals surface area contributed by atoms with Crippen LogP contribution in [-0.4, -0.2) is 61.9 Å². The van der Waals surface area contributed by atoms with E-state index < -0.39 is 10.7 Å². The molecule has 6 nitrogen and oxygen atoms in total. The molecule has 0 saturated carbocycles. The van der Waals surface area contributed by atoms with Crippen molar-refractivity contribution in [1.82, 2.24) is 4.90 Å². The second-order valence-electron chi connectivity index (χ2n) is 8.24. The zero-order valence-electron chi connectivity index (χ0n) is 18.7. The number of methoxy groups -OCH3 is 2. The largest absolute Gasteiger partial charge is 0.496 e. The first kappa shape index (κ1) is 22.7. The summed E-state index contributed by atoms with van der Waals surface area (Å²) in [5.74, 6) is -0.102. The second-order valence-corrected chi connectivity index (χ2v) is 9.58. The molecule has 2 aromatic carbocycles. The fourth-order valence-electron chi connectivity index (χ4n) is 4.57. The van der Waals surface area contributed by atoms with Gasteiger partial charge >= 0.3 is 5.97 Å². The number of hydrogen-bond donors (Lipinski definition) is 0. The van der Waals surface area contributed by atoms with Gasteiger partial charge in [0.25, 0.3) is 5.91 Å². The summed E-state index contributed by atoms with van der Waals surface area (Å²) in [7, 11) is 2.94. The van der Waals surface area contributed by atoms with E-state index in [1.54, 1.807) is 12.0 Å². The van der Waals surface area contributed by atoms with E-state index in [1.165, 1.54) is 38.1 Å². The molecule has 0 bridgehead atoms. The van der Waals surface area contributed by atoms with Crippen LogP contribution in [0.3, 0.4) is 0 Å². The van der Waals surface area contributed by atoms with Crippen LogP contribution in [0.25, 0.3) is 0 Å². The summed E-state index contributed by atoms with van der Waals surface area (Å²) >= 11 is 1.29. The van der Waals surface area contributed by atoms with Gasteiger partial charge in [0.15, 0.2) is 0 Å². The number of anilines is 1. The van der Waals surface area contributed by atoms with Crippen molar-refractivity contribution < 1.29 is 19.1 Å². The van der Waals surface area contributed by atoms with Gasteiger partial charge in [0.1, 0.15) is 5.75 Å². The van der Waals surface area contributed by atoms with E-state index in [9.17, 15) is 9.59 Å². The SMILES string of the molecule is COC(=O)C1(Cc2ccccc2OC)Sc2ccccc2N(CCN2CCCCC2)C1=O. The van der Waals surface area contributed by atoms with Gasteiger partial charge in [-0.1, -0.05) is 48.5 Å². The number of nitrogens with zero attached hydrogens (tertiary/aromatic N) is 2. The third-order valence-corrected chi connectivity index (χ3v) is 7.67. The quantitative estimate of drug-likeness (QED) is 0.469. The molecule has 7 heteroatoms. The molecule has 170 valence electrons. The first-order chi connectivity index (χ1) is 15.6. The second kappa shape index (κ2) is 9.96. The molecule has 0 spiro atoms. The Morgan fingerprint density at radius 2 is 1.72 bits per heavy atom. The highest BCUT2D eigenvalue weighted by atomic mass is 32.2. The Morgan fingerprint density at radius 1 is 1.00 bits per heavy atom. The van der Waals surface area contributed by atoms with Crippen LogP contribution in [0.5, 0.6) is 5.75 Å². The van der Waals surface area contributed by atoms with Gasteiger partial charge in [-0.2, -0.15) is 0 Å². The van der Waals surface area contributed by atoms with E-state index in [-0.39, 0.29) is 12.3 Å². The summed E-state index contributed by atoms with van der Waals surface area (Å²) in [6.45, 7) is 3.45. The average molecular weight is 455 g/mol. The maximum Gasteiger partial charge on any atom is 0.332 e. The number of benzene rings is 2. The predicted molar refractivity (Wildman–Crippen MR) is 126 cm³/mol. The van der Waals surface area contributed by atoms with E-state index in [0.717, 1.165) is 35.8 Å². The summed E-state index contributed by atoms with van der Waals surface area (Å²) in [6, 6.07) is 15.3. The normalized spacial score (nSPS) is 21.2. The van der Waals surface area contributed by atoms with Crippen molar-refractivity contribution in [3.63, 3.8) is 0 Å². The summed E-state index contributed by atoms with van der Waals surface area (Å²) < 4.78 is 9.32. The lowest BCUT2D eigenvalue weighted by molar-refractivity contribution is -0.147. The first-order valence-electron chi connectivity index (χ1n) is 11.1. The first-order valence-corrected chi connectivity index (χ1v) is 11.9. The Balaban J connectivity index is 1.71. The molecule has 0 aromatic heterocycles. The number of ether oxygens (including phenoxy) is 2. The molecule has 1 unspecified atom stereocenters.